The highest BCUT2D eigenvalue weighted by atomic mass is 79.9. The number of sulfonamides is 1. The van der Waals surface area contributed by atoms with Gasteiger partial charge in [0, 0.05) is 23.4 Å². The van der Waals surface area contributed by atoms with Crippen LogP contribution in [-0.2, 0) is 21.4 Å². The number of amides is 1. The van der Waals surface area contributed by atoms with Crippen LogP contribution in [0, 0.1) is 0 Å². The van der Waals surface area contributed by atoms with Crippen LogP contribution in [0.1, 0.15) is 18.4 Å². The maximum absolute atomic E-state index is 13.9. The van der Waals surface area contributed by atoms with Gasteiger partial charge in [0.25, 0.3) is 10.0 Å². The molecule has 7 nitrogen and oxygen atoms in total. The number of carbonyl (C=O) groups is 1. The molecule has 0 radical (unpaired) electrons. The lowest BCUT2D eigenvalue weighted by atomic mass is 10.2. The number of aromatic nitrogens is 2. The van der Waals surface area contributed by atoms with Crippen molar-refractivity contribution in [3.63, 3.8) is 0 Å². The molecule has 4 aromatic rings. The minimum absolute atomic E-state index is 0.255. The van der Waals surface area contributed by atoms with Gasteiger partial charge in [-0.15, -0.1) is 11.3 Å². The van der Waals surface area contributed by atoms with E-state index in [1.807, 2.05) is 30.3 Å². The number of pyridine rings is 1. The van der Waals surface area contributed by atoms with Gasteiger partial charge in [-0.25, -0.2) is 13.4 Å². The third-order valence-corrected chi connectivity index (χ3v) is 10.3. The van der Waals surface area contributed by atoms with Crippen molar-refractivity contribution in [2.24, 2.45) is 0 Å². The van der Waals surface area contributed by atoms with Gasteiger partial charge in [-0.05, 0) is 54.1 Å². The lowest BCUT2D eigenvalue weighted by molar-refractivity contribution is -0.121. The summed E-state index contributed by atoms with van der Waals surface area (Å²) in [4.78, 5) is 24.3. The summed E-state index contributed by atoms with van der Waals surface area (Å²) in [5.41, 5.74) is 1.63. The molecule has 1 saturated heterocycles. The van der Waals surface area contributed by atoms with Crippen molar-refractivity contribution < 1.29 is 13.2 Å². The summed E-state index contributed by atoms with van der Waals surface area (Å²) in [7, 11) is -3.74. The zero-order chi connectivity index (χ0) is 23.0. The molecule has 5 rings (SSSR count). The average Bonchev–Trinajstić information content (AvgIpc) is 3.58. The normalized spacial score (nSPS) is 16.9. The van der Waals surface area contributed by atoms with Crippen LogP contribution in [0.2, 0.25) is 0 Å². The van der Waals surface area contributed by atoms with Crippen molar-refractivity contribution >= 4 is 69.9 Å². The van der Waals surface area contributed by atoms with Crippen molar-refractivity contribution in [3.8, 4) is 0 Å². The van der Waals surface area contributed by atoms with Crippen molar-refractivity contribution in [1.29, 1.82) is 0 Å². The molecular weight excluding hydrogens is 544 g/mol. The number of thiazole rings is 1. The molecule has 33 heavy (non-hydrogen) atoms. The van der Waals surface area contributed by atoms with Gasteiger partial charge in [0.05, 0.1) is 16.8 Å². The van der Waals surface area contributed by atoms with E-state index >= 15 is 0 Å². The van der Waals surface area contributed by atoms with E-state index in [0.717, 1.165) is 31.6 Å². The first kappa shape index (κ1) is 22.6. The Kier molecular flexibility index (Phi) is 6.32. The van der Waals surface area contributed by atoms with Gasteiger partial charge in [0.15, 0.2) is 5.13 Å². The predicted octanol–water partition coefficient (Wildman–Crippen LogP) is 4.90. The molecule has 1 atom stereocenters. The van der Waals surface area contributed by atoms with Crippen LogP contribution < -0.4 is 4.90 Å². The first-order valence-corrected chi connectivity index (χ1v) is 14.2. The monoisotopic (exact) mass is 562 g/mol. The molecule has 0 bridgehead atoms. The van der Waals surface area contributed by atoms with Crippen LogP contribution in [-0.4, -0.2) is 41.2 Å². The van der Waals surface area contributed by atoms with Gasteiger partial charge in [0.1, 0.15) is 10.3 Å². The molecule has 0 aliphatic carbocycles. The number of nitrogens with zero attached hydrogens (tertiary/aromatic N) is 4. The Morgan fingerprint density at radius 3 is 2.88 bits per heavy atom. The summed E-state index contributed by atoms with van der Waals surface area (Å²) in [5, 5.41) is 2.27. The fourth-order valence-electron chi connectivity index (χ4n) is 3.90. The van der Waals surface area contributed by atoms with Crippen LogP contribution in [0.3, 0.4) is 0 Å². The largest absolute Gasteiger partial charge is 0.282 e. The van der Waals surface area contributed by atoms with Crippen LogP contribution in [0.4, 0.5) is 5.13 Å². The van der Waals surface area contributed by atoms with Crippen LogP contribution in [0.25, 0.3) is 10.2 Å². The van der Waals surface area contributed by atoms with Gasteiger partial charge in [-0.1, -0.05) is 39.4 Å². The molecule has 1 unspecified atom stereocenters. The SMILES string of the molecule is O=C(C1CCCN1S(=O)(=O)c1cccs1)N(Cc1cccnc1)c1nc2ccc(Br)cc2s1. The Morgan fingerprint density at radius 1 is 1.24 bits per heavy atom. The highest BCUT2D eigenvalue weighted by Gasteiger charge is 2.42. The second-order valence-electron chi connectivity index (χ2n) is 7.60. The lowest BCUT2D eigenvalue weighted by Crippen LogP contribution is -2.47. The summed E-state index contributed by atoms with van der Waals surface area (Å²) in [6, 6.07) is 12.0. The summed E-state index contributed by atoms with van der Waals surface area (Å²) in [6.45, 7) is 0.585. The van der Waals surface area contributed by atoms with E-state index in [0.29, 0.717) is 24.5 Å². The van der Waals surface area contributed by atoms with Crippen LogP contribution in [0.15, 0.2) is 68.9 Å². The van der Waals surface area contributed by atoms with E-state index < -0.39 is 16.1 Å². The summed E-state index contributed by atoms with van der Waals surface area (Å²) < 4.78 is 30.0. The number of anilines is 1. The molecule has 1 amide bonds. The molecule has 0 saturated carbocycles. The second kappa shape index (κ2) is 9.22. The van der Waals surface area contributed by atoms with Crippen molar-refractivity contribution in [3.05, 3.63) is 70.3 Å². The van der Waals surface area contributed by atoms with E-state index in [2.05, 4.69) is 20.9 Å². The Bertz CT molecular complexity index is 1390. The highest BCUT2D eigenvalue weighted by Crippen LogP contribution is 2.35. The highest BCUT2D eigenvalue weighted by molar-refractivity contribution is 9.10. The Balaban J connectivity index is 1.53. The predicted molar refractivity (Wildman–Crippen MR) is 134 cm³/mol. The number of hydrogen-bond donors (Lipinski definition) is 0. The van der Waals surface area contributed by atoms with Crippen LogP contribution in [0.5, 0.6) is 0 Å². The first-order valence-electron chi connectivity index (χ1n) is 10.3. The zero-order valence-electron chi connectivity index (χ0n) is 17.3. The molecule has 0 spiro atoms. The molecule has 1 fully saturated rings. The Hall–Kier alpha value is -2.18. The topological polar surface area (TPSA) is 83.5 Å². The Labute approximate surface area is 207 Å². The van der Waals surface area contributed by atoms with E-state index in [4.69, 9.17) is 4.98 Å². The second-order valence-corrected chi connectivity index (χ2v) is 12.6. The quantitative estimate of drug-likeness (QED) is 0.333. The lowest BCUT2D eigenvalue weighted by Gasteiger charge is -2.28. The van der Waals surface area contributed by atoms with Crippen molar-refractivity contribution in [2.45, 2.75) is 29.6 Å². The van der Waals surface area contributed by atoms with Gasteiger partial charge in [-0.3, -0.25) is 14.7 Å². The van der Waals surface area contributed by atoms with Gasteiger partial charge < -0.3 is 0 Å². The maximum Gasteiger partial charge on any atom is 0.253 e. The van der Waals surface area contributed by atoms with E-state index in [-0.39, 0.29) is 16.7 Å². The maximum atomic E-state index is 13.9. The zero-order valence-corrected chi connectivity index (χ0v) is 21.3. The van der Waals surface area contributed by atoms with Crippen LogP contribution >= 0.6 is 38.6 Å². The first-order chi connectivity index (χ1) is 15.9. The fourth-order valence-corrected chi connectivity index (χ4v) is 8.19. The smallest absolute Gasteiger partial charge is 0.253 e. The van der Waals surface area contributed by atoms with E-state index in [1.165, 1.54) is 15.6 Å². The Morgan fingerprint density at radius 2 is 2.12 bits per heavy atom. The minimum Gasteiger partial charge on any atom is -0.282 e. The van der Waals surface area contributed by atoms with Crippen molar-refractivity contribution in [1.82, 2.24) is 14.3 Å². The standard InChI is InChI=1S/C22H19BrN4O3S3/c23-16-7-8-17-19(12-16)32-22(25-17)26(14-15-4-1-9-24-13-15)21(28)18-5-2-10-27(18)33(29,30)20-6-3-11-31-20/h1,3-4,6-9,11-13,18H,2,5,10,14H2. The number of rotatable bonds is 6. The average molecular weight is 564 g/mol. The molecule has 1 aliphatic rings. The van der Waals surface area contributed by atoms with Gasteiger partial charge in [0.2, 0.25) is 5.91 Å². The number of benzene rings is 1. The number of thiophene rings is 1. The molecule has 1 aliphatic heterocycles. The molecule has 11 heteroatoms. The number of hydrogen-bond acceptors (Lipinski definition) is 7. The van der Waals surface area contributed by atoms with Gasteiger partial charge in [-0.2, -0.15) is 4.31 Å². The van der Waals surface area contributed by atoms with Crippen molar-refractivity contribution in [2.75, 3.05) is 11.4 Å². The number of carbonyl (C=O) groups excluding carboxylic acids is 1. The minimum atomic E-state index is -3.74. The third kappa shape index (κ3) is 4.47. The summed E-state index contributed by atoms with van der Waals surface area (Å²) in [5.74, 6) is -0.269. The molecule has 0 N–H and O–H groups in total. The number of fused-ring (bicyclic) bond motifs is 1. The summed E-state index contributed by atoms with van der Waals surface area (Å²) >= 11 is 6.06. The fraction of sp³-hybridized carbons (Fsp3) is 0.227. The molecule has 170 valence electrons. The third-order valence-electron chi connectivity index (χ3n) is 5.45. The summed E-state index contributed by atoms with van der Waals surface area (Å²) in [6.07, 6.45) is 4.49. The molecule has 1 aromatic carbocycles. The number of halogens is 1. The van der Waals surface area contributed by atoms with Gasteiger partial charge >= 0.3 is 0 Å². The molecule has 4 heterocycles. The van der Waals surface area contributed by atoms with E-state index in [1.54, 1.807) is 34.8 Å². The molecule has 3 aromatic heterocycles. The van der Waals surface area contributed by atoms with E-state index in [9.17, 15) is 13.2 Å². The molecular formula is C22H19BrN4O3S3.